The molecule has 1 aromatic heterocycles. The topological polar surface area (TPSA) is 75.4 Å². The lowest BCUT2D eigenvalue weighted by atomic mass is 10.0. The summed E-state index contributed by atoms with van der Waals surface area (Å²) in [6.07, 6.45) is 0.611. The zero-order valence-corrected chi connectivity index (χ0v) is 17.9. The molecule has 154 valence electrons. The molecular formula is C21H16Cl3N3O3. The summed E-state index contributed by atoms with van der Waals surface area (Å²) < 4.78 is 5.52. The van der Waals surface area contributed by atoms with Gasteiger partial charge in [-0.2, -0.15) is 0 Å². The Bertz CT molecular complexity index is 1110. The molecule has 0 fully saturated rings. The van der Waals surface area contributed by atoms with E-state index in [1.807, 2.05) is 12.1 Å². The summed E-state index contributed by atoms with van der Waals surface area (Å²) in [7, 11) is 0. The van der Waals surface area contributed by atoms with Gasteiger partial charge in [0.1, 0.15) is 5.69 Å². The first-order valence-electron chi connectivity index (χ1n) is 9.17. The lowest BCUT2D eigenvalue weighted by molar-refractivity contribution is -0.131. The van der Waals surface area contributed by atoms with E-state index < -0.39 is 5.91 Å². The molecule has 0 radical (unpaired) electrons. The minimum Gasteiger partial charge on any atom is -0.356 e. The molecule has 0 saturated carbocycles. The number of fused-ring (bicyclic) bond motifs is 1. The molecule has 30 heavy (non-hydrogen) atoms. The van der Waals surface area contributed by atoms with Crippen molar-refractivity contribution in [3.05, 3.63) is 74.4 Å². The van der Waals surface area contributed by atoms with E-state index >= 15 is 0 Å². The molecule has 4 rings (SSSR count). The van der Waals surface area contributed by atoms with E-state index in [1.54, 1.807) is 23.1 Å². The van der Waals surface area contributed by atoms with Gasteiger partial charge in [0.05, 0.1) is 23.7 Å². The predicted molar refractivity (Wildman–Crippen MR) is 115 cm³/mol. The Morgan fingerprint density at radius 1 is 1.07 bits per heavy atom. The van der Waals surface area contributed by atoms with Crippen LogP contribution < -0.4 is 5.32 Å². The van der Waals surface area contributed by atoms with Crippen molar-refractivity contribution in [2.24, 2.45) is 0 Å². The fourth-order valence-corrected chi connectivity index (χ4v) is 3.93. The first-order chi connectivity index (χ1) is 14.4. The van der Waals surface area contributed by atoms with Crippen LogP contribution in [-0.2, 0) is 17.8 Å². The highest BCUT2D eigenvalue weighted by atomic mass is 35.5. The summed E-state index contributed by atoms with van der Waals surface area (Å²) in [5, 5.41) is 8.04. The Labute approximate surface area is 187 Å². The number of nitrogens with one attached hydrogen (secondary N) is 1. The van der Waals surface area contributed by atoms with Crippen molar-refractivity contribution in [3.63, 3.8) is 0 Å². The summed E-state index contributed by atoms with van der Waals surface area (Å²) in [5.41, 5.74) is 2.85. The quantitative estimate of drug-likeness (QED) is 0.611. The van der Waals surface area contributed by atoms with Crippen molar-refractivity contribution in [1.29, 1.82) is 0 Å². The maximum Gasteiger partial charge on any atom is 0.253 e. The molecule has 1 N–H and O–H groups in total. The molecule has 0 spiro atoms. The van der Waals surface area contributed by atoms with E-state index in [2.05, 4.69) is 10.5 Å². The number of benzene rings is 2. The van der Waals surface area contributed by atoms with E-state index in [1.165, 1.54) is 12.1 Å². The average molecular weight is 465 g/mol. The molecule has 0 atom stereocenters. The third-order valence-corrected chi connectivity index (χ3v) is 5.68. The standard InChI is InChI=1S/C21H16Cl3N3O3/c22-13-3-1-12(2-4-13)20-16-7-8-27(11-18(16)26-30-20)19(28)10-25-21(29)15-6-5-14(23)9-17(15)24/h1-6,9H,7-8,10-11H2,(H,25,29). The molecule has 6 nitrogen and oxygen atoms in total. The number of rotatable bonds is 4. The van der Waals surface area contributed by atoms with Crippen molar-refractivity contribution in [1.82, 2.24) is 15.4 Å². The van der Waals surface area contributed by atoms with E-state index in [9.17, 15) is 9.59 Å². The zero-order chi connectivity index (χ0) is 21.3. The van der Waals surface area contributed by atoms with Crippen LogP contribution >= 0.6 is 34.8 Å². The Morgan fingerprint density at radius 2 is 1.80 bits per heavy atom. The van der Waals surface area contributed by atoms with Crippen LogP contribution in [-0.4, -0.2) is 35.0 Å². The molecule has 0 saturated heterocycles. The van der Waals surface area contributed by atoms with Crippen LogP contribution in [0.5, 0.6) is 0 Å². The lowest BCUT2D eigenvalue weighted by Crippen LogP contribution is -2.42. The minimum atomic E-state index is -0.436. The molecule has 0 aliphatic carbocycles. The number of carbonyl (C=O) groups excluding carboxylic acids is 2. The third-order valence-electron chi connectivity index (χ3n) is 4.88. The predicted octanol–water partition coefficient (Wildman–Crippen LogP) is 4.62. The van der Waals surface area contributed by atoms with Gasteiger partial charge in [0.2, 0.25) is 5.91 Å². The molecule has 0 bridgehead atoms. The van der Waals surface area contributed by atoms with Gasteiger partial charge >= 0.3 is 0 Å². The number of amides is 2. The molecule has 9 heteroatoms. The molecule has 2 amide bonds. The Morgan fingerprint density at radius 3 is 2.53 bits per heavy atom. The van der Waals surface area contributed by atoms with Crippen LogP contribution in [0, 0.1) is 0 Å². The van der Waals surface area contributed by atoms with Crippen molar-refractivity contribution < 1.29 is 14.1 Å². The Kier molecular flexibility index (Phi) is 5.99. The summed E-state index contributed by atoms with van der Waals surface area (Å²) >= 11 is 17.8. The number of hydrogen-bond acceptors (Lipinski definition) is 4. The summed E-state index contributed by atoms with van der Waals surface area (Å²) in [5.74, 6) is 0.0451. The summed E-state index contributed by atoms with van der Waals surface area (Å²) in [6, 6.07) is 11.9. The maximum atomic E-state index is 12.6. The highest BCUT2D eigenvalue weighted by molar-refractivity contribution is 6.36. The van der Waals surface area contributed by atoms with Crippen LogP contribution in [0.25, 0.3) is 11.3 Å². The Balaban J connectivity index is 1.39. The molecule has 2 aromatic carbocycles. The largest absolute Gasteiger partial charge is 0.356 e. The molecule has 0 unspecified atom stereocenters. The maximum absolute atomic E-state index is 12.6. The number of hydrogen-bond donors (Lipinski definition) is 1. The third kappa shape index (κ3) is 4.31. The van der Waals surface area contributed by atoms with Crippen LogP contribution in [0.1, 0.15) is 21.6 Å². The van der Waals surface area contributed by atoms with Crippen molar-refractivity contribution in [2.75, 3.05) is 13.1 Å². The minimum absolute atomic E-state index is 0.144. The van der Waals surface area contributed by atoms with Crippen molar-refractivity contribution in [2.45, 2.75) is 13.0 Å². The normalized spacial score (nSPS) is 13.1. The van der Waals surface area contributed by atoms with Crippen molar-refractivity contribution >= 4 is 46.6 Å². The average Bonchev–Trinajstić information content (AvgIpc) is 3.15. The van der Waals surface area contributed by atoms with Crippen LogP contribution in [0.15, 0.2) is 47.0 Å². The van der Waals surface area contributed by atoms with E-state index in [4.69, 9.17) is 39.3 Å². The molecule has 1 aliphatic rings. The van der Waals surface area contributed by atoms with Gasteiger partial charge in [-0.3, -0.25) is 9.59 Å². The van der Waals surface area contributed by atoms with Gasteiger partial charge in [-0.1, -0.05) is 40.0 Å². The lowest BCUT2D eigenvalue weighted by Gasteiger charge is -2.26. The summed E-state index contributed by atoms with van der Waals surface area (Å²) in [6.45, 7) is 0.684. The van der Waals surface area contributed by atoms with Crippen LogP contribution in [0.3, 0.4) is 0 Å². The molecular weight excluding hydrogens is 449 g/mol. The molecule has 2 heterocycles. The first kappa shape index (κ1) is 20.7. The van der Waals surface area contributed by atoms with Crippen LogP contribution in [0.2, 0.25) is 15.1 Å². The summed E-state index contributed by atoms with van der Waals surface area (Å²) in [4.78, 5) is 26.5. The number of carbonyl (C=O) groups is 2. The fourth-order valence-electron chi connectivity index (χ4n) is 3.31. The second-order valence-corrected chi connectivity index (χ2v) is 8.10. The van der Waals surface area contributed by atoms with Gasteiger partial charge in [0.15, 0.2) is 5.76 Å². The number of halogens is 3. The number of aromatic nitrogens is 1. The number of nitrogens with zero attached hydrogens (tertiary/aromatic N) is 2. The monoisotopic (exact) mass is 463 g/mol. The van der Waals surface area contributed by atoms with Gasteiger partial charge in [-0.15, -0.1) is 0 Å². The Hall–Kier alpha value is -2.54. The first-order valence-corrected chi connectivity index (χ1v) is 10.3. The fraction of sp³-hybridized carbons (Fsp3) is 0.190. The van der Waals surface area contributed by atoms with Gasteiger partial charge < -0.3 is 14.7 Å². The molecule has 1 aliphatic heterocycles. The van der Waals surface area contributed by atoms with Crippen LogP contribution in [0.4, 0.5) is 0 Å². The van der Waals surface area contributed by atoms with Gasteiger partial charge in [-0.05, 0) is 48.9 Å². The smallest absolute Gasteiger partial charge is 0.253 e. The highest BCUT2D eigenvalue weighted by Gasteiger charge is 2.27. The van der Waals surface area contributed by atoms with E-state index in [0.717, 1.165) is 11.1 Å². The van der Waals surface area contributed by atoms with Gasteiger partial charge in [-0.25, -0.2) is 0 Å². The SMILES string of the molecule is O=C(NCC(=O)N1CCc2c(noc2-c2ccc(Cl)cc2)C1)c1ccc(Cl)cc1Cl. The van der Waals surface area contributed by atoms with Crippen molar-refractivity contribution in [3.8, 4) is 11.3 Å². The molecule has 3 aromatic rings. The second kappa shape index (κ2) is 8.68. The second-order valence-electron chi connectivity index (χ2n) is 6.82. The van der Waals surface area contributed by atoms with Gasteiger partial charge in [0, 0.05) is 27.7 Å². The van der Waals surface area contributed by atoms with E-state index in [-0.39, 0.29) is 23.0 Å². The van der Waals surface area contributed by atoms with E-state index in [0.29, 0.717) is 41.0 Å². The highest BCUT2D eigenvalue weighted by Crippen LogP contribution is 2.31. The zero-order valence-electron chi connectivity index (χ0n) is 15.6. The van der Waals surface area contributed by atoms with Gasteiger partial charge in [0.25, 0.3) is 5.91 Å².